The highest BCUT2D eigenvalue weighted by atomic mass is 32.1. The van der Waals surface area contributed by atoms with E-state index >= 15 is 0 Å². The van der Waals surface area contributed by atoms with Crippen molar-refractivity contribution in [2.45, 2.75) is 38.6 Å². The van der Waals surface area contributed by atoms with Crippen LogP contribution in [0.5, 0.6) is 0 Å². The van der Waals surface area contributed by atoms with Crippen LogP contribution in [0.15, 0.2) is 11.6 Å². The number of nitrogens with zero attached hydrogens (tertiary/aromatic N) is 4. The summed E-state index contributed by atoms with van der Waals surface area (Å²) in [5, 5.41) is 6.65. The molecule has 0 amide bonds. The Morgan fingerprint density at radius 3 is 2.91 bits per heavy atom. The molecule has 5 nitrogen and oxygen atoms in total. The summed E-state index contributed by atoms with van der Waals surface area (Å²) in [5.41, 5.74) is 2.58. The fraction of sp³-hybridized carbons (Fsp3) is 0.588. The minimum atomic E-state index is 0.814. The van der Waals surface area contributed by atoms with E-state index in [2.05, 4.69) is 22.2 Å². The van der Waals surface area contributed by atoms with E-state index in [1.165, 1.54) is 24.1 Å². The third-order valence-corrected chi connectivity index (χ3v) is 5.36. The van der Waals surface area contributed by atoms with Gasteiger partial charge in [-0.25, -0.2) is 15.0 Å². The second-order valence-electron chi connectivity index (χ2n) is 6.57. The number of thiazole rings is 1. The van der Waals surface area contributed by atoms with Crippen molar-refractivity contribution < 1.29 is 0 Å². The highest BCUT2D eigenvalue weighted by molar-refractivity contribution is 7.09. The Labute approximate surface area is 141 Å². The summed E-state index contributed by atoms with van der Waals surface area (Å²) in [6.07, 6.45) is 7.61. The molecule has 1 N–H and O–H groups in total. The van der Waals surface area contributed by atoms with Crippen LogP contribution in [0.3, 0.4) is 0 Å². The van der Waals surface area contributed by atoms with Gasteiger partial charge in [0, 0.05) is 43.6 Å². The van der Waals surface area contributed by atoms with Crippen LogP contribution in [-0.4, -0.2) is 35.1 Å². The van der Waals surface area contributed by atoms with Crippen molar-refractivity contribution in [3.63, 3.8) is 0 Å². The van der Waals surface area contributed by atoms with Crippen LogP contribution in [0.25, 0.3) is 0 Å². The Balaban J connectivity index is 1.66. The van der Waals surface area contributed by atoms with Gasteiger partial charge in [0.2, 0.25) is 0 Å². The van der Waals surface area contributed by atoms with Crippen molar-refractivity contribution in [1.29, 1.82) is 0 Å². The van der Waals surface area contributed by atoms with E-state index in [0.717, 1.165) is 61.5 Å². The minimum Gasteiger partial charge on any atom is -0.353 e. The summed E-state index contributed by atoms with van der Waals surface area (Å²) >= 11 is 1.70. The predicted octanol–water partition coefficient (Wildman–Crippen LogP) is 2.21. The predicted molar refractivity (Wildman–Crippen MR) is 93.0 cm³/mol. The van der Waals surface area contributed by atoms with Gasteiger partial charge in [-0.3, -0.25) is 0 Å². The first-order valence-electron chi connectivity index (χ1n) is 8.48. The molecule has 0 atom stereocenters. The molecule has 0 bridgehead atoms. The Morgan fingerprint density at radius 2 is 2.13 bits per heavy atom. The van der Waals surface area contributed by atoms with Gasteiger partial charge in [0.1, 0.15) is 16.6 Å². The maximum atomic E-state index is 4.95. The van der Waals surface area contributed by atoms with Gasteiger partial charge in [-0.15, -0.1) is 11.3 Å². The molecule has 1 aliphatic carbocycles. The highest BCUT2D eigenvalue weighted by Gasteiger charge is 2.25. The van der Waals surface area contributed by atoms with Gasteiger partial charge in [0.15, 0.2) is 0 Å². The topological polar surface area (TPSA) is 53.9 Å². The fourth-order valence-corrected chi connectivity index (χ4v) is 3.84. The van der Waals surface area contributed by atoms with Crippen LogP contribution in [0.2, 0.25) is 0 Å². The summed E-state index contributed by atoms with van der Waals surface area (Å²) in [5.74, 6) is 2.97. The summed E-state index contributed by atoms with van der Waals surface area (Å²) in [6, 6.07) is 0. The first-order chi connectivity index (χ1) is 11.3. The van der Waals surface area contributed by atoms with Gasteiger partial charge in [-0.2, -0.15) is 0 Å². The van der Waals surface area contributed by atoms with Crippen molar-refractivity contribution in [2.75, 3.05) is 25.0 Å². The largest absolute Gasteiger partial charge is 0.353 e. The number of aromatic nitrogens is 3. The lowest BCUT2D eigenvalue weighted by molar-refractivity contribution is 0.706. The average Bonchev–Trinajstić information content (AvgIpc) is 3.27. The molecular weight excluding hydrogens is 306 g/mol. The zero-order valence-electron chi connectivity index (χ0n) is 13.6. The van der Waals surface area contributed by atoms with E-state index in [1.807, 2.05) is 11.6 Å². The SMILES string of the molecule is CN(Cc1nccs1)c1nc(CC2CC2)nc2c1CCNCC2. The molecule has 2 aromatic rings. The lowest BCUT2D eigenvalue weighted by atomic mass is 10.1. The molecule has 0 aromatic carbocycles. The lowest BCUT2D eigenvalue weighted by Gasteiger charge is -2.22. The van der Waals surface area contributed by atoms with E-state index in [4.69, 9.17) is 9.97 Å². The van der Waals surface area contributed by atoms with Crippen molar-refractivity contribution in [3.05, 3.63) is 33.7 Å². The normalized spacial score (nSPS) is 17.6. The first-order valence-corrected chi connectivity index (χ1v) is 9.36. The number of anilines is 1. The molecule has 1 fully saturated rings. The molecule has 0 radical (unpaired) electrons. The minimum absolute atomic E-state index is 0.814. The van der Waals surface area contributed by atoms with Crippen molar-refractivity contribution in [1.82, 2.24) is 20.3 Å². The molecule has 0 spiro atoms. The van der Waals surface area contributed by atoms with Crippen molar-refractivity contribution in [2.24, 2.45) is 5.92 Å². The number of fused-ring (bicyclic) bond motifs is 1. The van der Waals surface area contributed by atoms with Crippen LogP contribution < -0.4 is 10.2 Å². The summed E-state index contributed by atoms with van der Waals surface area (Å²) in [7, 11) is 2.13. The van der Waals surface area contributed by atoms with Crippen molar-refractivity contribution >= 4 is 17.2 Å². The third kappa shape index (κ3) is 3.53. The van der Waals surface area contributed by atoms with E-state index in [1.54, 1.807) is 11.3 Å². The van der Waals surface area contributed by atoms with Crippen LogP contribution in [0.1, 0.15) is 34.9 Å². The zero-order valence-corrected chi connectivity index (χ0v) is 14.4. The molecule has 1 aliphatic heterocycles. The Hall–Kier alpha value is -1.53. The van der Waals surface area contributed by atoms with Gasteiger partial charge in [-0.1, -0.05) is 0 Å². The van der Waals surface area contributed by atoms with Gasteiger partial charge >= 0.3 is 0 Å². The van der Waals surface area contributed by atoms with Crippen molar-refractivity contribution in [3.8, 4) is 0 Å². The maximum absolute atomic E-state index is 4.95. The molecule has 23 heavy (non-hydrogen) atoms. The molecule has 122 valence electrons. The molecular formula is C17H23N5S. The van der Waals surface area contributed by atoms with Gasteiger partial charge < -0.3 is 10.2 Å². The second-order valence-corrected chi connectivity index (χ2v) is 7.55. The van der Waals surface area contributed by atoms with Gasteiger partial charge in [0.25, 0.3) is 0 Å². The second kappa shape index (κ2) is 6.53. The zero-order chi connectivity index (χ0) is 15.6. The summed E-state index contributed by atoms with van der Waals surface area (Å²) < 4.78 is 0. The van der Waals surface area contributed by atoms with Crippen LogP contribution >= 0.6 is 11.3 Å². The molecule has 0 unspecified atom stereocenters. The smallest absolute Gasteiger partial charge is 0.135 e. The standard InChI is InChI=1S/C17H23N5S/c1-22(11-16-19-8-9-23-16)17-13-4-6-18-7-5-14(13)20-15(21-17)10-12-2-3-12/h8-9,12,18H,2-7,10-11H2,1H3. The van der Waals surface area contributed by atoms with Crippen LogP contribution in [0, 0.1) is 5.92 Å². The fourth-order valence-electron chi connectivity index (χ4n) is 3.17. The average molecular weight is 329 g/mol. The molecule has 2 aromatic heterocycles. The molecule has 4 rings (SSSR count). The number of hydrogen-bond donors (Lipinski definition) is 1. The highest BCUT2D eigenvalue weighted by Crippen LogP contribution is 2.33. The third-order valence-electron chi connectivity index (χ3n) is 4.59. The van der Waals surface area contributed by atoms with Gasteiger partial charge in [-0.05, 0) is 31.7 Å². The summed E-state index contributed by atoms with van der Waals surface area (Å²) in [4.78, 5) is 16.5. The van der Waals surface area contributed by atoms with E-state index < -0.39 is 0 Å². The Bertz CT molecular complexity index is 666. The molecule has 3 heterocycles. The quantitative estimate of drug-likeness (QED) is 0.911. The molecule has 1 saturated carbocycles. The number of nitrogens with one attached hydrogen (secondary N) is 1. The van der Waals surface area contributed by atoms with Gasteiger partial charge in [0.05, 0.1) is 12.2 Å². The molecule has 0 saturated heterocycles. The Morgan fingerprint density at radius 1 is 1.26 bits per heavy atom. The molecule has 2 aliphatic rings. The van der Waals surface area contributed by atoms with Crippen LogP contribution in [0.4, 0.5) is 5.82 Å². The maximum Gasteiger partial charge on any atom is 0.135 e. The van der Waals surface area contributed by atoms with Crippen LogP contribution in [-0.2, 0) is 25.8 Å². The monoisotopic (exact) mass is 329 g/mol. The number of hydrogen-bond acceptors (Lipinski definition) is 6. The Kier molecular flexibility index (Phi) is 4.27. The lowest BCUT2D eigenvalue weighted by Crippen LogP contribution is -2.22. The van der Waals surface area contributed by atoms with E-state index in [9.17, 15) is 0 Å². The van der Waals surface area contributed by atoms with E-state index in [-0.39, 0.29) is 0 Å². The van der Waals surface area contributed by atoms with E-state index in [0.29, 0.717) is 0 Å². The summed E-state index contributed by atoms with van der Waals surface area (Å²) in [6.45, 7) is 2.84. The first kappa shape index (κ1) is 15.0. The number of rotatable bonds is 5. The molecule has 6 heteroatoms.